The SMILES string of the molecule is Cc1[nH]c2cc(F)c(F)cc2c1[N+](=O)[O-]. The molecule has 6 heteroatoms. The molecule has 1 heterocycles. The predicted molar refractivity (Wildman–Crippen MR) is 49.6 cm³/mol. The van der Waals surface area contributed by atoms with Crippen LogP contribution >= 0.6 is 0 Å². The minimum Gasteiger partial charge on any atom is -0.353 e. The first-order valence-corrected chi connectivity index (χ1v) is 4.12. The lowest BCUT2D eigenvalue weighted by molar-refractivity contribution is -0.383. The molecule has 4 nitrogen and oxygen atoms in total. The van der Waals surface area contributed by atoms with E-state index in [1.165, 1.54) is 6.92 Å². The molecule has 0 amide bonds. The van der Waals surface area contributed by atoms with E-state index in [4.69, 9.17) is 0 Å². The van der Waals surface area contributed by atoms with E-state index in [0.29, 0.717) is 0 Å². The van der Waals surface area contributed by atoms with Crippen molar-refractivity contribution in [3.8, 4) is 0 Å². The standard InChI is InChI=1S/C9H6F2N2O2/c1-4-9(13(14)15)5-2-6(10)7(11)3-8(5)12-4/h2-3,12H,1H3. The molecule has 0 unspecified atom stereocenters. The zero-order chi connectivity index (χ0) is 11.2. The molecule has 1 aromatic carbocycles. The number of aromatic amines is 1. The molecule has 0 spiro atoms. The smallest absolute Gasteiger partial charge is 0.297 e. The summed E-state index contributed by atoms with van der Waals surface area (Å²) in [5.74, 6) is -2.12. The van der Waals surface area contributed by atoms with E-state index >= 15 is 0 Å². The molecule has 0 radical (unpaired) electrons. The van der Waals surface area contributed by atoms with E-state index in [9.17, 15) is 18.9 Å². The van der Waals surface area contributed by atoms with Gasteiger partial charge in [-0.15, -0.1) is 0 Å². The quantitative estimate of drug-likeness (QED) is 0.583. The number of hydrogen-bond donors (Lipinski definition) is 1. The summed E-state index contributed by atoms with van der Waals surface area (Å²) in [7, 11) is 0. The van der Waals surface area contributed by atoms with Crippen LogP contribution in [-0.2, 0) is 0 Å². The fourth-order valence-corrected chi connectivity index (χ4v) is 1.54. The van der Waals surface area contributed by atoms with Gasteiger partial charge in [0, 0.05) is 6.07 Å². The number of nitro groups is 1. The zero-order valence-electron chi connectivity index (χ0n) is 7.67. The highest BCUT2D eigenvalue weighted by Crippen LogP contribution is 2.30. The Bertz CT molecular complexity index is 563. The van der Waals surface area contributed by atoms with Crippen molar-refractivity contribution in [3.63, 3.8) is 0 Å². The molecule has 0 fully saturated rings. The van der Waals surface area contributed by atoms with Crippen molar-refractivity contribution in [1.82, 2.24) is 4.98 Å². The summed E-state index contributed by atoms with van der Waals surface area (Å²) in [6, 6.07) is 1.73. The maximum Gasteiger partial charge on any atom is 0.297 e. The van der Waals surface area contributed by atoms with Crippen LogP contribution in [0.2, 0.25) is 0 Å². The van der Waals surface area contributed by atoms with Gasteiger partial charge in [-0.05, 0) is 13.0 Å². The van der Waals surface area contributed by atoms with Gasteiger partial charge >= 0.3 is 0 Å². The van der Waals surface area contributed by atoms with Crippen LogP contribution in [0.5, 0.6) is 0 Å². The Morgan fingerprint density at radius 1 is 1.33 bits per heavy atom. The van der Waals surface area contributed by atoms with Gasteiger partial charge in [-0.2, -0.15) is 0 Å². The maximum atomic E-state index is 12.9. The van der Waals surface area contributed by atoms with E-state index in [0.717, 1.165) is 12.1 Å². The lowest BCUT2D eigenvalue weighted by Gasteiger charge is -1.93. The summed E-state index contributed by atoms with van der Waals surface area (Å²) >= 11 is 0. The number of benzene rings is 1. The summed E-state index contributed by atoms with van der Waals surface area (Å²) in [5, 5.41) is 10.7. The third-order valence-corrected chi connectivity index (χ3v) is 2.18. The normalized spacial score (nSPS) is 10.9. The lowest BCUT2D eigenvalue weighted by Crippen LogP contribution is -1.89. The van der Waals surface area contributed by atoms with Crippen LogP contribution in [0.3, 0.4) is 0 Å². The van der Waals surface area contributed by atoms with Gasteiger partial charge in [-0.3, -0.25) is 10.1 Å². The molecule has 0 aliphatic rings. The van der Waals surface area contributed by atoms with E-state index in [-0.39, 0.29) is 22.3 Å². The van der Waals surface area contributed by atoms with Crippen molar-refractivity contribution >= 4 is 16.6 Å². The minimum absolute atomic E-state index is 0.0800. The fourth-order valence-electron chi connectivity index (χ4n) is 1.54. The van der Waals surface area contributed by atoms with E-state index in [1.807, 2.05) is 0 Å². The first-order valence-electron chi connectivity index (χ1n) is 4.12. The number of hydrogen-bond acceptors (Lipinski definition) is 2. The Morgan fingerprint density at radius 3 is 2.53 bits per heavy atom. The Balaban J connectivity index is 2.87. The number of fused-ring (bicyclic) bond motifs is 1. The molecule has 0 bridgehead atoms. The highest BCUT2D eigenvalue weighted by atomic mass is 19.2. The van der Waals surface area contributed by atoms with E-state index in [2.05, 4.69) is 4.98 Å². The van der Waals surface area contributed by atoms with Gasteiger partial charge in [-0.1, -0.05) is 0 Å². The monoisotopic (exact) mass is 212 g/mol. The van der Waals surface area contributed by atoms with Crippen molar-refractivity contribution in [2.24, 2.45) is 0 Å². The number of aryl methyl sites for hydroxylation is 1. The average molecular weight is 212 g/mol. The van der Waals surface area contributed by atoms with Gasteiger partial charge in [0.15, 0.2) is 11.6 Å². The Labute approximate surface area is 82.7 Å². The average Bonchev–Trinajstić information content (AvgIpc) is 2.41. The summed E-state index contributed by atoms with van der Waals surface area (Å²) < 4.78 is 25.7. The minimum atomic E-state index is -1.09. The first kappa shape index (κ1) is 9.57. The van der Waals surface area contributed by atoms with Crippen LogP contribution in [0.25, 0.3) is 10.9 Å². The Kier molecular flexibility index (Phi) is 1.92. The molecule has 15 heavy (non-hydrogen) atoms. The van der Waals surface area contributed by atoms with Crippen molar-refractivity contribution < 1.29 is 13.7 Å². The van der Waals surface area contributed by atoms with Crippen LogP contribution in [0.1, 0.15) is 5.69 Å². The zero-order valence-corrected chi connectivity index (χ0v) is 7.67. The molecular weight excluding hydrogens is 206 g/mol. The molecule has 1 aromatic heterocycles. The van der Waals surface area contributed by atoms with E-state index < -0.39 is 16.6 Å². The topological polar surface area (TPSA) is 58.9 Å². The molecule has 0 aliphatic heterocycles. The first-order chi connectivity index (χ1) is 7.00. The molecule has 0 aliphatic carbocycles. The highest BCUT2D eigenvalue weighted by molar-refractivity contribution is 5.90. The van der Waals surface area contributed by atoms with Crippen LogP contribution < -0.4 is 0 Å². The Hall–Kier alpha value is -1.98. The number of rotatable bonds is 1. The van der Waals surface area contributed by atoms with E-state index in [1.54, 1.807) is 0 Å². The van der Waals surface area contributed by atoms with Crippen molar-refractivity contribution in [2.75, 3.05) is 0 Å². The Morgan fingerprint density at radius 2 is 1.93 bits per heavy atom. The molecule has 0 saturated carbocycles. The van der Waals surface area contributed by atoms with Gasteiger partial charge < -0.3 is 4.98 Å². The summed E-state index contributed by atoms with van der Waals surface area (Å²) in [5.41, 5.74) is 0.280. The maximum absolute atomic E-state index is 12.9. The second-order valence-corrected chi connectivity index (χ2v) is 3.17. The van der Waals surface area contributed by atoms with Crippen molar-refractivity contribution in [3.05, 3.63) is 39.6 Å². The number of nitrogens with one attached hydrogen (secondary N) is 1. The molecular formula is C9H6F2N2O2. The van der Waals surface area contributed by atoms with Crippen molar-refractivity contribution in [1.29, 1.82) is 0 Å². The third-order valence-electron chi connectivity index (χ3n) is 2.18. The van der Waals surface area contributed by atoms with Gasteiger partial charge in [0.1, 0.15) is 0 Å². The summed E-state index contributed by atoms with van der Waals surface area (Å²) in [6.07, 6.45) is 0. The lowest BCUT2D eigenvalue weighted by atomic mass is 10.2. The number of nitrogens with zero attached hydrogens (tertiary/aromatic N) is 1. The summed E-state index contributed by atoms with van der Waals surface area (Å²) in [6.45, 7) is 1.48. The van der Waals surface area contributed by atoms with Crippen LogP contribution in [0.15, 0.2) is 12.1 Å². The molecule has 0 saturated heterocycles. The second-order valence-electron chi connectivity index (χ2n) is 3.17. The molecule has 1 N–H and O–H groups in total. The predicted octanol–water partition coefficient (Wildman–Crippen LogP) is 2.66. The largest absolute Gasteiger partial charge is 0.353 e. The molecule has 78 valence electrons. The number of aromatic nitrogens is 1. The van der Waals surface area contributed by atoms with Gasteiger partial charge in [-0.25, -0.2) is 8.78 Å². The molecule has 0 atom stereocenters. The van der Waals surface area contributed by atoms with Crippen LogP contribution in [0.4, 0.5) is 14.5 Å². The van der Waals surface area contributed by atoms with Crippen LogP contribution in [0, 0.1) is 28.7 Å². The number of halogens is 2. The van der Waals surface area contributed by atoms with Gasteiger partial charge in [0.05, 0.1) is 21.5 Å². The fraction of sp³-hybridized carbons (Fsp3) is 0.111. The second kappa shape index (κ2) is 3.01. The summed E-state index contributed by atoms with van der Waals surface area (Å²) in [4.78, 5) is 12.7. The van der Waals surface area contributed by atoms with Crippen molar-refractivity contribution in [2.45, 2.75) is 6.92 Å². The highest BCUT2D eigenvalue weighted by Gasteiger charge is 2.20. The van der Waals surface area contributed by atoms with Crippen LogP contribution in [-0.4, -0.2) is 9.91 Å². The molecule has 2 aromatic rings. The molecule has 2 rings (SSSR count). The van der Waals surface area contributed by atoms with Gasteiger partial charge in [0.2, 0.25) is 0 Å². The number of H-pyrrole nitrogens is 1. The third kappa shape index (κ3) is 1.34. The van der Waals surface area contributed by atoms with Gasteiger partial charge in [0.25, 0.3) is 5.69 Å².